The van der Waals surface area contributed by atoms with Crippen molar-refractivity contribution in [1.29, 1.82) is 0 Å². The Morgan fingerprint density at radius 2 is 1.96 bits per heavy atom. The Bertz CT molecular complexity index is 845. The van der Waals surface area contributed by atoms with Crippen molar-refractivity contribution < 1.29 is 23.1 Å². The molecule has 1 aliphatic rings. The fraction of sp³-hybridized carbons (Fsp3) is 0.176. The minimum absolute atomic E-state index is 0.0947. The Balaban J connectivity index is 1.51. The van der Waals surface area contributed by atoms with Gasteiger partial charge in [0.15, 0.2) is 17.7 Å². The predicted molar refractivity (Wildman–Crippen MR) is 87.6 cm³/mol. The van der Waals surface area contributed by atoms with E-state index in [0.29, 0.717) is 17.2 Å². The van der Waals surface area contributed by atoms with Crippen LogP contribution in [0.4, 0.5) is 14.5 Å². The molecule has 2 amide bonds. The number of amides is 2. The number of ether oxygens (including phenoxy) is 1. The molecule has 25 heavy (non-hydrogen) atoms. The average molecular weight is 367 g/mol. The van der Waals surface area contributed by atoms with Gasteiger partial charge in [0.05, 0.1) is 6.54 Å². The zero-order valence-electron chi connectivity index (χ0n) is 12.8. The highest BCUT2D eigenvalue weighted by molar-refractivity contribution is 6.30. The SMILES string of the molecule is O=C(CNC(=O)[C@@H]1Cc2cc(Cl)ccc2O1)Nc1ccc(F)c(F)c1. The van der Waals surface area contributed by atoms with Crippen LogP contribution in [0.25, 0.3) is 0 Å². The molecule has 0 radical (unpaired) electrons. The minimum atomic E-state index is -1.07. The van der Waals surface area contributed by atoms with Crippen LogP contribution in [0.3, 0.4) is 0 Å². The summed E-state index contributed by atoms with van der Waals surface area (Å²) in [5.41, 5.74) is 0.913. The van der Waals surface area contributed by atoms with Crippen molar-refractivity contribution in [2.45, 2.75) is 12.5 Å². The van der Waals surface area contributed by atoms with Crippen molar-refractivity contribution in [2.24, 2.45) is 0 Å². The zero-order valence-corrected chi connectivity index (χ0v) is 13.6. The Labute approximate surface area is 146 Å². The highest BCUT2D eigenvalue weighted by Crippen LogP contribution is 2.31. The summed E-state index contributed by atoms with van der Waals surface area (Å²) in [6.07, 6.45) is -0.392. The van der Waals surface area contributed by atoms with E-state index in [-0.39, 0.29) is 12.2 Å². The largest absolute Gasteiger partial charge is 0.480 e. The summed E-state index contributed by atoms with van der Waals surface area (Å²) in [4.78, 5) is 23.9. The van der Waals surface area contributed by atoms with Crippen LogP contribution < -0.4 is 15.4 Å². The van der Waals surface area contributed by atoms with Crippen molar-refractivity contribution >= 4 is 29.1 Å². The molecule has 2 N–H and O–H groups in total. The lowest BCUT2D eigenvalue weighted by Crippen LogP contribution is -2.41. The molecule has 8 heteroatoms. The molecule has 0 bridgehead atoms. The number of carbonyl (C=O) groups is 2. The van der Waals surface area contributed by atoms with Crippen molar-refractivity contribution in [3.05, 3.63) is 58.6 Å². The molecule has 5 nitrogen and oxygen atoms in total. The number of nitrogens with one attached hydrogen (secondary N) is 2. The van der Waals surface area contributed by atoms with E-state index >= 15 is 0 Å². The summed E-state index contributed by atoms with van der Waals surface area (Å²) in [6.45, 7) is -0.325. The van der Waals surface area contributed by atoms with Crippen molar-refractivity contribution in [3.8, 4) is 5.75 Å². The van der Waals surface area contributed by atoms with Gasteiger partial charge in [-0.15, -0.1) is 0 Å². The van der Waals surface area contributed by atoms with Crippen LogP contribution in [0, 0.1) is 11.6 Å². The number of anilines is 1. The first kappa shape index (κ1) is 17.2. The Morgan fingerprint density at radius 1 is 1.16 bits per heavy atom. The van der Waals surface area contributed by atoms with Gasteiger partial charge in [-0.3, -0.25) is 9.59 Å². The number of halogens is 3. The fourth-order valence-corrected chi connectivity index (χ4v) is 2.62. The second-order valence-corrected chi connectivity index (χ2v) is 5.89. The first-order chi connectivity index (χ1) is 11.9. The van der Waals surface area contributed by atoms with Gasteiger partial charge < -0.3 is 15.4 Å². The topological polar surface area (TPSA) is 67.4 Å². The number of benzene rings is 2. The van der Waals surface area contributed by atoms with E-state index in [0.717, 1.165) is 17.7 Å². The average Bonchev–Trinajstić information content (AvgIpc) is 2.99. The summed E-state index contributed by atoms with van der Waals surface area (Å²) in [7, 11) is 0. The summed E-state index contributed by atoms with van der Waals surface area (Å²) in [5, 5.41) is 5.36. The minimum Gasteiger partial charge on any atom is -0.480 e. The molecule has 0 aromatic heterocycles. The summed E-state index contributed by atoms with van der Waals surface area (Å²) >= 11 is 5.89. The van der Waals surface area contributed by atoms with Crippen LogP contribution in [-0.4, -0.2) is 24.5 Å². The Kier molecular flexibility index (Phi) is 4.85. The molecule has 0 aliphatic carbocycles. The molecule has 0 fully saturated rings. The number of carbonyl (C=O) groups excluding carboxylic acids is 2. The maximum absolute atomic E-state index is 13.1. The highest BCUT2D eigenvalue weighted by atomic mass is 35.5. The van der Waals surface area contributed by atoms with E-state index in [1.807, 2.05) is 0 Å². The molecular formula is C17H13ClF2N2O3. The molecule has 0 spiro atoms. The number of fused-ring (bicyclic) bond motifs is 1. The van der Waals surface area contributed by atoms with Gasteiger partial charge in [0.25, 0.3) is 5.91 Å². The van der Waals surface area contributed by atoms with Gasteiger partial charge in [-0.2, -0.15) is 0 Å². The number of hydrogen-bond donors (Lipinski definition) is 2. The highest BCUT2D eigenvalue weighted by Gasteiger charge is 2.29. The van der Waals surface area contributed by atoms with Gasteiger partial charge in [-0.1, -0.05) is 11.6 Å². The molecule has 1 heterocycles. The van der Waals surface area contributed by atoms with Gasteiger partial charge in [-0.25, -0.2) is 8.78 Å². The molecule has 1 aliphatic heterocycles. The van der Waals surface area contributed by atoms with Gasteiger partial charge >= 0.3 is 0 Å². The molecule has 0 unspecified atom stereocenters. The standard InChI is InChI=1S/C17H13ClF2N2O3/c18-10-1-4-14-9(5-10)6-15(25-14)17(24)21-8-16(23)22-11-2-3-12(19)13(20)7-11/h1-5,7,15H,6,8H2,(H,21,24)(H,22,23)/t15-/m0/s1. The summed E-state index contributed by atoms with van der Waals surface area (Å²) < 4.78 is 31.4. The summed E-state index contributed by atoms with van der Waals surface area (Å²) in [6, 6.07) is 8.04. The van der Waals surface area contributed by atoms with E-state index < -0.39 is 29.6 Å². The molecule has 3 rings (SSSR count). The number of rotatable bonds is 4. The third-order valence-corrected chi connectivity index (χ3v) is 3.85. The number of hydrogen-bond acceptors (Lipinski definition) is 3. The van der Waals surface area contributed by atoms with E-state index in [1.54, 1.807) is 18.2 Å². The maximum atomic E-state index is 13.1. The van der Waals surface area contributed by atoms with Crippen molar-refractivity contribution in [3.63, 3.8) is 0 Å². The van der Waals surface area contributed by atoms with Crippen LogP contribution in [0.2, 0.25) is 5.02 Å². The second-order valence-electron chi connectivity index (χ2n) is 5.46. The zero-order chi connectivity index (χ0) is 18.0. The van der Waals surface area contributed by atoms with Crippen LogP contribution in [0.5, 0.6) is 5.75 Å². The Hall–Kier alpha value is -2.67. The van der Waals surface area contributed by atoms with Crippen LogP contribution in [0.1, 0.15) is 5.56 Å². The maximum Gasteiger partial charge on any atom is 0.261 e. The molecule has 0 saturated carbocycles. The molecule has 2 aromatic carbocycles. The first-order valence-corrected chi connectivity index (χ1v) is 7.78. The smallest absolute Gasteiger partial charge is 0.261 e. The first-order valence-electron chi connectivity index (χ1n) is 7.40. The fourth-order valence-electron chi connectivity index (χ4n) is 2.42. The van der Waals surface area contributed by atoms with Crippen LogP contribution in [0.15, 0.2) is 36.4 Å². The second kappa shape index (κ2) is 7.06. The van der Waals surface area contributed by atoms with E-state index in [4.69, 9.17) is 16.3 Å². The van der Waals surface area contributed by atoms with Gasteiger partial charge in [0.2, 0.25) is 5.91 Å². The summed E-state index contributed by atoms with van der Waals surface area (Å²) in [5.74, 6) is -2.52. The van der Waals surface area contributed by atoms with E-state index in [1.165, 1.54) is 6.07 Å². The van der Waals surface area contributed by atoms with Gasteiger partial charge in [0.1, 0.15) is 5.75 Å². The lowest BCUT2D eigenvalue weighted by atomic mass is 10.1. The van der Waals surface area contributed by atoms with Crippen molar-refractivity contribution in [1.82, 2.24) is 5.32 Å². The molecular weight excluding hydrogens is 354 g/mol. The van der Waals surface area contributed by atoms with Gasteiger partial charge in [-0.05, 0) is 35.9 Å². The van der Waals surface area contributed by atoms with Gasteiger partial charge in [0, 0.05) is 23.2 Å². The van der Waals surface area contributed by atoms with Crippen LogP contribution >= 0.6 is 11.6 Å². The Morgan fingerprint density at radius 3 is 2.72 bits per heavy atom. The quantitative estimate of drug-likeness (QED) is 0.874. The van der Waals surface area contributed by atoms with Crippen LogP contribution in [-0.2, 0) is 16.0 Å². The lowest BCUT2D eigenvalue weighted by Gasteiger charge is -2.11. The lowest BCUT2D eigenvalue weighted by molar-refractivity contribution is -0.129. The molecule has 130 valence electrons. The normalized spacial score (nSPS) is 15.2. The van der Waals surface area contributed by atoms with Crippen molar-refractivity contribution in [2.75, 3.05) is 11.9 Å². The monoisotopic (exact) mass is 366 g/mol. The molecule has 2 aromatic rings. The predicted octanol–water partition coefficient (Wildman–Crippen LogP) is 2.68. The third kappa shape index (κ3) is 4.06. The molecule has 0 saturated heterocycles. The third-order valence-electron chi connectivity index (χ3n) is 3.62. The molecule has 1 atom stereocenters. The van der Waals surface area contributed by atoms with E-state index in [2.05, 4.69) is 10.6 Å². The van der Waals surface area contributed by atoms with E-state index in [9.17, 15) is 18.4 Å².